The Morgan fingerprint density at radius 2 is 1.72 bits per heavy atom. The van der Waals surface area contributed by atoms with Gasteiger partial charge in [0.2, 0.25) is 0 Å². The molecule has 0 spiro atoms. The van der Waals surface area contributed by atoms with E-state index in [9.17, 15) is 4.79 Å². The number of nitrogens with one attached hydrogen (secondary N) is 1. The Balaban J connectivity index is 1.98. The fraction of sp³-hybridized carbons (Fsp3) is 0.158. The van der Waals surface area contributed by atoms with Gasteiger partial charge in [0.15, 0.2) is 0 Å². The molecular weight excluding hydrogens is 336 g/mol. The van der Waals surface area contributed by atoms with Crippen molar-refractivity contribution in [1.29, 1.82) is 0 Å². The van der Waals surface area contributed by atoms with Crippen LogP contribution in [0.5, 0.6) is 0 Å². The summed E-state index contributed by atoms with van der Waals surface area (Å²) in [7, 11) is 1.87. The molecule has 0 radical (unpaired) electrons. The predicted octanol–water partition coefficient (Wildman–Crippen LogP) is 3.97. The summed E-state index contributed by atoms with van der Waals surface area (Å²) in [5, 5.41) is 5.02. The number of benzene rings is 2. The summed E-state index contributed by atoms with van der Waals surface area (Å²) < 4.78 is 3.49. The lowest BCUT2D eigenvalue weighted by atomic mass is 10.2. The van der Waals surface area contributed by atoms with E-state index < -0.39 is 0 Å². The average molecular weight is 355 g/mol. The molecule has 1 aromatic heterocycles. The van der Waals surface area contributed by atoms with E-state index in [0.29, 0.717) is 16.3 Å². The van der Waals surface area contributed by atoms with Crippen LogP contribution in [0, 0.1) is 6.92 Å². The van der Waals surface area contributed by atoms with Crippen molar-refractivity contribution >= 4 is 23.0 Å². The van der Waals surface area contributed by atoms with Crippen molar-refractivity contribution in [2.45, 2.75) is 13.8 Å². The molecule has 5 nitrogen and oxygen atoms in total. The van der Waals surface area contributed by atoms with Crippen molar-refractivity contribution in [3.05, 3.63) is 81.2 Å². The van der Waals surface area contributed by atoms with E-state index in [0.717, 1.165) is 17.1 Å². The van der Waals surface area contributed by atoms with E-state index in [4.69, 9.17) is 11.6 Å². The van der Waals surface area contributed by atoms with Gasteiger partial charge in [-0.3, -0.25) is 14.9 Å². The SMILES string of the molecule is CC(=NNc1ccc(Cl)cc1)c1c(C)n(C)n(-c2ccccc2)c1=O. The Bertz CT molecular complexity index is 969. The molecule has 0 saturated heterocycles. The van der Waals surface area contributed by atoms with Crippen molar-refractivity contribution in [1.82, 2.24) is 9.36 Å². The van der Waals surface area contributed by atoms with Crippen LogP contribution in [0.4, 0.5) is 5.69 Å². The third-order valence-corrected chi connectivity index (χ3v) is 4.36. The predicted molar refractivity (Wildman–Crippen MR) is 103 cm³/mol. The highest BCUT2D eigenvalue weighted by atomic mass is 35.5. The molecule has 1 N–H and O–H groups in total. The van der Waals surface area contributed by atoms with Crippen molar-refractivity contribution < 1.29 is 0 Å². The zero-order valence-electron chi connectivity index (χ0n) is 14.3. The Kier molecular flexibility index (Phi) is 4.76. The molecule has 3 rings (SSSR count). The summed E-state index contributed by atoms with van der Waals surface area (Å²) in [6.45, 7) is 3.74. The highest BCUT2D eigenvalue weighted by molar-refractivity contribution is 6.30. The van der Waals surface area contributed by atoms with Gasteiger partial charge in [-0.05, 0) is 50.2 Å². The summed E-state index contributed by atoms with van der Waals surface area (Å²) in [5.41, 5.74) is 6.57. The molecule has 0 atom stereocenters. The van der Waals surface area contributed by atoms with Gasteiger partial charge in [0.1, 0.15) is 0 Å². The number of hydrogen-bond acceptors (Lipinski definition) is 3. The third kappa shape index (κ3) is 3.37. The lowest BCUT2D eigenvalue weighted by molar-refractivity contribution is 0.630. The maximum atomic E-state index is 12.9. The minimum atomic E-state index is -0.0923. The summed E-state index contributed by atoms with van der Waals surface area (Å²) in [5.74, 6) is 0. The van der Waals surface area contributed by atoms with Crippen LogP contribution in [-0.4, -0.2) is 15.1 Å². The van der Waals surface area contributed by atoms with Gasteiger partial charge in [-0.1, -0.05) is 29.8 Å². The van der Waals surface area contributed by atoms with Crippen LogP contribution in [0.3, 0.4) is 0 Å². The number of aromatic nitrogens is 2. The molecule has 0 amide bonds. The first-order valence-corrected chi connectivity index (χ1v) is 8.27. The largest absolute Gasteiger partial charge is 0.285 e. The molecule has 0 unspecified atom stereocenters. The number of anilines is 1. The topological polar surface area (TPSA) is 51.3 Å². The first-order valence-electron chi connectivity index (χ1n) is 7.89. The summed E-state index contributed by atoms with van der Waals surface area (Å²) >= 11 is 5.88. The van der Waals surface area contributed by atoms with E-state index in [2.05, 4.69) is 10.5 Å². The Labute approximate surface area is 151 Å². The highest BCUT2D eigenvalue weighted by Gasteiger charge is 2.18. The normalized spacial score (nSPS) is 11.6. The van der Waals surface area contributed by atoms with Crippen LogP contribution in [-0.2, 0) is 7.05 Å². The van der Waals surface area contributed by atoms with Crippen LogP contribution in [0.25, 0.3) is 5.69 Å². The van der Waals surface area contributed by atoms with E-state index in [1.807, 2.05) is 68.0 Å². The van der Waals surface area contributed by atoms with Crippen LogP contribution < -0.4 is 11.0 Å². The van der Waals surface area contributed by atoms with Crippen LogP contribution in [0.1, 0.15) is 18.2 Å². The first-order chi connectivity index (χ1) is 12.0. The molecule has 128 valence electrons. The van der Waals surface area contributed by atoms with Gasteiger partial charge < -0.3 is 0 Å². The molecular formula is C19H19ClN4O. The number of hydrogen-bond donors (Lipinski definition) is 1. The van der Waals surface area contributed by atoms with Crippen molar-refractivity contribution in [3.63, 3.8) is 0 Å². The second kappa shape index (κ2) is 6.99. The van der Waals surface area contributed by atoms with Gasteiger partial charge >= 0.3 is 0 Å². The molecule has 3 aromatic rings. The maximum Gasteiger partial charge on any atom is 0.280 e. The molecule has 0 bridgehead atoms. The number of nitrogens with zero attached hydrogens (tertiary/aromatic N) is 3. The van der Waals surface area contributed by atoms with E-state index in [-0.39, 0.29) is 5.56 Å². The molecule has 0 fully saturated rings. The quantitative estimate of drug-likeness (QED) is 0.569. The zero-order chi connectivity index (χ0) is 18.0. The van der Waals surface area contributed by atoms with E-state index in [1.165, 1.54) is 0 Å². The molecule has 0 saturated carbocycles. The monoisotopic (exact) mass is 354 g/mol. The molecule has 0 aliphatic rings. The standard InChI is InChI=1S/C19H19ClN4O/c1-13(21-22-16-11-9-15(20)10-12-16)18-14(2)23(3)24(19(18)25)17-7-5-4-6-8-17/h4-12,22H,1-3H3. The van der Waals surface area contributed by atoms with Gasteiger partial charge in [-0.2, -0.15) is 5.10 Å². The molecule has 0 aliphatic heterocycles. The second-order valence-electron chi connectivity index (χ2n) is 5.75. The lowest BCUT2D eigenvalue weighted by Gasteiger charge is -2.07. The van der Waals surface area contributed by atoms with Gasteiger partial charge in [-0.15, -0.1) is 0 Å². The Morgan fingerprint density at radius 1 is 1.08 bits per heavy atom. The van der Waals surface area contributed by atoms with Crippen LogP contribution in [0.2, 0.25) is 5.02 Å². The van der Waals surface area contributed by atoms with Crippen molar-refractivity contribution in [3.8, 4) is 5.69 Å². The maximum absolute atomic E-state index is 12.9. The number of rotatable bonds is 4. The molecule has 0 aliphatic carbocycles. The number of hydrazone groups is 1. The summed E-state index contributed by atoms with van der Waals surface area (Å²) in [4.78, 5) is 12.9. The lowest BCUT2D eigenvalue weighted by Crippen LogP contribution is -2.22. The van der Waals surface area contributed by atoms with Crippen LogP contribution >= 0.6 is 11.6 Å². The minimum absolute atomic E-state index is 0.0923. The first kappa shape index (κ1) is 17.0. The van der Waals surface area contributed by atoms with E-state index >= 15 is 0 Å². The fourth-order valence-corrected chi connectivity index (χ4v) is 2.84. The summed E-state index contributed by atoms with van der Waals surface area (Å²) in [6.07, 6.45) is 0. The van der Waals surface area contributed by atoms with E-state index in [1.54, 1.807) is 16.8 Å². The highest BCUT2D eigenvalue weighted by Crippen LogP contribution is 2.14. The Morgan fingerprint density at radius 3 is 2.36 bits per heavy atom. The molecule has 2 aromatic carbocycles. The third-order valence-electron chi connectivity index (χ3n) is 4.11. The van der Waals surface area contributed by atoms with Crippen molar-refractivity contribution in [2.75, 3.05) is 5.43 Å². The molecule has 6 heteroatoms. The van der Waals surface area contributed by atoms with Crippen LogP contribution in [0.15, 0.2) is 64.5 Å². The smallest absolute Gasteiger partial charge is 0.280 e. The average Bonchev–Trinajstić information content (AvgIpc) is 2.84. The molecule has 1 heterocycles. The van der Waals surface area contributed by atoms with Gasteiger partial charge in [-0.25, -0.2) is 4.68 Å². The number of para-hydroxylation sites is 1. The second-order valence-corrected chi connectivity index (χ2v) is 6.19. The van der Waals surface area contributed by atoms with Gasteiger partial charge in [0.05, 0.1) is 22.6 Å². The minimum Gasteiger partial charge on any atom is -0.285 e. The zero-order valence-corrected chi connectivity index (χ0v) is 15.1. The summed E-state index contributed by atoms with van der Waals surface area (Å²) in [6, 6.07) is 16.8. The van der Waals surface area contributed by atoms with Gasteiger partial charge in [0.25, 0.3) is 5.56 Å². The number of halogens is 1. The fourth-order valence-electron chi connectivity index (χ4n) is 2.71. The molecule has 25 heavy (non-hydrogen) atoms. The Hall–Kier alpha value is -2.79. The van der Waals surface area contributed by atoms with Gasteiger partial charge in [0, 0.05) is 17.8 Å². The van der Waals surface area contributed by atoms with Crippen molar-refractivity contribution in [2.24, 2.45) is 12.1 Å².